The molecule has 0 aliphatic heterocycles. The van der Waals surface area contributed by atoms with Gasteiger partial charge in [-0.1, -0.05) is 267 Å². The zero-order valence-corrected chi connectivity index (χ0v) is 48.4. The maximum absolute atomic E-state index is 6.94. The van der Waals surface area contributed by atoms with Gasteiger partial charge in [-0.15, -0.1) is 0 Å². The van der Waals surface area contributed by atoms with Gasteiger partial charge in [0.05, 0.1) is 28.2 Å². The normalized spacial score (nSPS) is 12.6. The number of hydrogen-bond acceptors (Lipinski definition) is 4. The Morgan fingerprint density at radius 1 is 0.247 bits per heavy atom. The first-order valence-corrected chi connectivity index (χ1v) is 30.6. The van der Waals surface area contributed by atoms with Gasteiger partial charge in [0.1, 0.15) is 11.2 Å². The molecule has 15 aromatic carbocycles. The minimum absolute atomic E-state index is 0.781. The minimum Gasteiger partial charge on any atom is -0.454 e. The molecule has 4 heteroatoms. The molecule has 0 bridgehead atoms. The zero-order valence-electron chi connectivity index (χ0n) is 48.4. The van der Waals surface area contributed by atoms with Crippen LogP contribution in [0.1, 0.15) is 22.3 Å². The van der Waals surface area contributed by atoms with Crippen molar-refractivity contribution in [3.8, 4) is 33.4 Å². The molecule has 0 spiro atoms. The third-order valence-electron chi connectivity index (χ3n) is 18.7. The molecule has 1 aliphatic rings. The molecule has 18 rings (SSSR count). The first-order chi connectivity index (χ1) is 44.2. The zero-order chi connectivity index (χ0) is 58.6. The van der Waals surface area contributed by atoms with Crippen molar-refractivity contribution >= 4 is 110 Å². The summed E-state index contributed by atoms with van der Waals surface area (Å²) in [6.07, 6.45) is 0. The first-order valence-electron chi connectivity index (χ1n) is 30.6. The molecule has 0 radical (unpaired) electrons. The molecule has 1 aliphatic carbocycles. The number of anilines is 6. The molecular formula is C85H54N2O2. The second kappa shape index (κ2) is 20.2. The monoisotopic (exact) mass is 1130 g/mol. The van der Waals surface area contributed by atoms with Crippen LogP contribution >= 0.6 is 0 Å². The second-order valence-corrected chi connectivity index (χ2v) is 23.3. The Kier molecular flexibility index (Phi) is 11.5. The predicted octanol–water partition coefficient (Wildman–Crippen LogP) is 23.6. The van der Waals surface area contributed by atoms with Crippen LogP contribution in [0.2, 0.25) is 0 Å². The summed E-state index contributed by atoms with van der Waals surface area (Å²) in [5.74, 6) is 0. The Labute approximate surface area is 514 Å². The molecule has 0 unspecified atom stereocenters. The summed E-state index contributed by atoms with van der Waals surface area (Å²) in [6, 6.07) is 120. The van der Waals surface area contributed by atoms with E-state index >= 15 is 0 Å². The van der Waals surface area contributed by atoms with E-state index in [0.717, 1.165) is 106 Å². The predicted molar refractivity (Wildman–Crippen MR) is 371 cm³/mol. The highest BCUT2D eigenvalue weighted by molar-refractivity contribution is 6.22. The lowest BCUT2D eigenvalue weighted by molar-refractivity contribution is 0.668. The Morgan fingerprint density at radius 3 is 1.22 bits per heavy atom. The topological polar surface area (TPSA) is 32.8 Å². The molecule has 416 valence electrons. The number of fused-ring (bicyclic) bond motifs is 16. The van der Waals surface area contributed by atoms with Crippen molar-refractivity contribution in [3.05, 3.63) is 350 Å². The summed E-state index contributed by atoms with van der Waals surface area (Å²) in [7, 11) is 0. The maximum Gasteiger partial charge on any atom is 0.159 e. The highest BCUT2D eigenvalue weighted by Crippen LogP contribution is 2.63. The second-order valence-electron chi connectivity index (χ2n) is 23.3. The van der Waals surface area contributed by atoms with Gasteiger partial charge in [-0.2, -0.15) is 0 Å². The number of para-hydroxylation sites is 6. The molecule has 89 heavy (non-hydrogen) atoms. The minimum atomic E-state index is -0.781. The Balaban J connectivity index is 0.911. The average molecular weight is 1140 g/mol. The lowest BCUT2D eigenvalue weighted by Gasteiger charge is -2.36. The number of benzene rings is 15. The Bertz CT molecular complexity index is 5590. The van der Waals surface area contributed by atoms with E-state index in [2.05, 4.69) is 331 Å². The van der Waals surface area contributed by atoms with Gasteiger partial charge in [-0.3, -0.25) is 0 Å². The van der Waals surface area contributed by atoms with Crippen LogP contribution in [-0.2, 0) is 5.41 Å². The van der Waals surface area contributed by atoms with E-state index in [-0.39, 0.29) is 0 Å². The number of nitrogens with zero attached hydrogens (tertiary/aromatic N) is 2. The van der Waals surface area contributed by atoms with E-state index in [4.69, 9.17) is 8.83 Å². The van der Waals surface area contributed by atoms with E-state index < -0.39 is 5.41 Å². The van der Waals surface area contributed by atoms with Crippen molar-refractivity contribution in [2.45, 2.75) is 5.41 Å². The third kappa shape index (κ3) is 7.67. The van der Waals surface area contributed by atoms with Gasteiger partial charge in [-0.25, -0.2) is 0 Å². The maximum atomic E-state index is 6.94. The van der Waals surface area contributed by atoms with Crippen molar-refractivity contribution in [1.82, 2.24) is 0 Å². The van der Waals surface area contributed by atoms with Crippen LogP contribution in [0.3, 0.4) is 0 Å². The van der Waals surface area contributed by atoms with Crippen LogP contribution in [0.25, 0.3) is 110 Å². The van der Waals surface area contributed by atoms with Gasteiger partial charge in [0.15, 0.2) is 11.2 Å². The fourth-order valence-electron chi connectivity index (χ4n) is 15.0. The Hall–Kier alpha value is -11.7. The molecule has 2 heterocycles. The molecule has 2 aromatic heterocycles. The van der Waals surface area contributed by atoms with E-state index in [0.29, 0.717) is 0 Å². The van der Waals surface area contributed by atoms with Gasteiger partial charge < -0.3 is 18.6 Å². The summed E-state index contributed by atoms with van der Waals surface area (Å²) in [5, 5.41) is 11.4. The van der Waals surface area contributed by atoms with E-state index in [1.165, 1.54) is 60.3 Å². The quantitative estimate of drug-likeness (QED) is 0.128. The summed E-state index contributed by atoms with van der Waals surface area (Å²) in [5.41, 5.74) is 20.6. The lowest BCUT2D eigenvalue weighted by Crippen LogP contribution is -2.29. The smallest absolute Gasteiger partial charge is 0.159 e. The third-order valence-corrected chi connectivity index (χ3v) is 18.7. The van der Waals surface area contributed by atoms with E-state index in [1.807, 2.05) is 6.07 Å². The van der Waals surface area contributed by atoms with Gasteiger partial charge in [0, 0.05) is 44.0 Å². The van der Waals surface area contributed by atoms with E-state index in [9.17, 15) is 0 Å². The molecule has 4 nitrogen and oxygen atoms in total. The summed E-state index contributed by atoms with van der Waals surface area (Å²) in [4.78, 5) is 4.83. The van der Waals surface area contributed by atoms with Crippen molar-refractivity contribution in [1.29, 1.82) is 0 Å². The first kappa shape index (κ1) is 50.6. The van der Waals surface area contributed by atoms with Crippen LogP contribution in [0.5, 0.6) is 0 Å². The van der Waals surface area contributed by atoms with Crippen molar-refractivity contribution in [2.24, 2.45) is 0 Å². The van der Waals surface area contributed by atoms with Gasteiger partial charge in [-0.05, 0) is 137 Å². The van der Waals surface area contributed by atoms with Crippen LogP contribution in [-0.4, -0.2) is 0 Å². The summed E-state index contributed by atoms with van der Waals surface area (Å²) < 4.78 is 13.8. The number of hydrogen-bond donors (Lipinski definition) is 0. The molecule has 0 N–H and O–H groups in total. The number of rotatable bonds is 10. The van der Waals surface area contributed by atoms with Crippen LogP contribution in [0, 0.1) is 0 Å². The number of furan rings is 2. The SMILES string of the molecule is c1ccc(-c2ccccc2N(c2ccc3c4c(ccc3c2)-c2c(c3ccc(N(c5ccccc5-c5ccccc5)c5cccc6c5oc5ccccc56)cc3c3ccccc23)C4(c2ccccc2)c2ccccc2)c2cccc3c2oc2ccccc23)cc1. The molecule has 0 atom stereocenters. The van der Waals surface area contributed by atoms with Crippen molar-refractivity contribution < 1.29 is 8.83 Å². The average Bonchev–Trinajstić information content (AvgIpc) is 1.53. The highest BCUT2D eigenvalue weighted by Gasteiger charge is 2.49. The van der Waals surface area contributed by atoms with E-state index in [1.54, 1.807) is 0 Å². The fraction of sp³-hybridized carbons (Fsp3) is 0.0118. The van der Waals surface area contributed by atoms with Crippen LogP contribution in [0.15, 0.2) is 336 Å². The molecule has 17 aromatic rings. The van der Waals surface area contributed by atoms with Crippen molar-refractivity contribution in [2.75, 3.05) is 9.80 Å². The standard InChI is InChI=1S/C85H54N2O2/c1-5-25-55(26-6-1)62-33-15-19-41-74(62)86(76-43-23-39-70-66-36-17-21-45-78(66)88-83(70)76)60-48-51-64-57(53-60)47-50-72-80-68-38-14-13-35-65(68)73-54-61(49-52-69(73)82(80)85(81(64)72,58-29-9-3-10-30-58)59-31-11-4-12-32-59)87(75-42-20-16-34-63(75)56-27-7-2-8-28-56)77-44-24-40-71-67-37-18-22-46-79(67)89-84(71)77/h1-54H. The van der Waals surface area contributed by atoms with Crippen LogP contribution < -0.4 is 9.80 Å². The van der Waals surface area contributed by atoms with Gasteiger partial charge in [0.25, 0.3) is 0 Å². The summed E-state index contributed by atoms with van der Waals surface area (Å²) >= 11 is 0. The molecule has 0 saturated heterocycles. The molecular weight excluding hydrogens is 1080 g/mol. The van der Waals surface area contributed by atoms with Gasteiger partial charge >= 0.3 is 0 Å². The van der Waals surface area contributed by atoms with Crippen molar-refractivity contribution in [3.63, 3.8) is 0 Å². The molecule has 0 saturated carbocycles. The molecule has 0 amide bonds. The highest BCUT2D eigenvalue weighted by atomic mass is 16.3. The van der Waals surface area contributed by atoms with Gasteiger partial charge in [0.2, 0.25) is 0 Å². The summed E-state index contributed by atoms with van der Waals surface area (Å²) in [6.45, 7) is 0. The van der Waals surface area contributed by atoms with Crippen LogP contribution in [0.4, 0.5) is 34.1 Å². The lowest BCUT2D eigenvalue weighted by atomic mass is 9.65. The fourth-order valence-corrected chi connectivity index (χ4v) is 15.0. The largest absolute Gasteiger partial charge is 0.454 e. The Morgan fingerprint density at radius 2 is 0.674 bits per heavy atom. The molecule has 0 fully saturated rings.